The van der Waals surface area contributed by atoms with Crippen LogP contribution in [-0.2, 0) is 24.2 Å². The number of benzene rings is 2. The van der Waals surface area contributed by atoms with E-state index in [0.717, 1.165) is 29.6 Å². The highest BCUT2D eigenvalue weighted by molar-refractivity contribution is 5.91. The molecule has 1 amide bonds. The van der Waals surface area contributed by atoms with Crippen LogP contribution in [0.3, 0.4) is 0 Å². The fraction of sp³-hybridized carbons (Fsp3) is 0.263. The zero-order valence-corrected chi connectivity index (χ0v) is 13.7. The fourth-order valence-corrected chi connectivity index (χ4v) is 3.35. The first-order valence-electron chi connectivity index (χ1n) is 8.45. The molecule has 4 rings (SSSR count). The van der Waals surface area contributed by atoms with Gasteiger partial charge in [-0.2, -0.15) is 0 Å². The maximum atomic E-state index is 12.4. The first kappa shape index (κ1) is 15.5. The smallest absolute Gasteiger partial charge is 0.278 e. The summed E-state index contributed by atoms with van der Waals surface area (Å²) < 4.78 is 1.10. The highest BCUT2D eigenvalue weighted by atomic mass is 16.2. The first-order valence-corrected chi connectivity index (χ1v) is 8.45. The van der Waals surface area contributed by atoms with E-state index in [9.17, 15) is 9.59 Å². The molecule has 0 saturated heterocycles. The molecule has 0 aliphatic heterocycles. The summed E-state index contributed by atoms with van der Waals surface area (Å²) in [6, 6.07) is 13.0. The van der Waals surface area contributed by atoms with Crippen LogP contribution in [0.4, 0.5) is 5.69 Å². The summed E-state index contributed by atoms with van der Waals surface area (Å²) in [7, 11) is 0. The largest absolute Gasteiger partial charge is 0.324 e. The number of nitrogens with zero attached hydrogens (tertiary/aromatic N) is 3. The van der Waals surface area contributed by atoms with Crippen LogP contribution in [0.5, 0.6) is 0 Å². The number of fused-ring (bicyclic) bond motifs is 2. The molecule has 0 unspecified atom stereocenters. The lowest BCUT2D eigenvalue weighted by atomic mass is 9.90. The molecule has 0 radical (unpaired) electrons. The van der Waals surface area contributed by atoms with Gasteiger partial charge in [-0.1, -0.05) is 29.5 Å². The molecule has 1 aliphatic rings. The lowest BCUT2D eigenvalue weighted by Crippen LogP contribution is -2.30. The van der Waals surface area contributed by atoms with Crippen molar-refractivity contribution in [2.75, 3.05) is 5.32 Å². The molecule has 3 aromatic rings. The van der Waals surface area contributed by atoms with E-state index in [4.69, 9.17) is 0 Å². The summed E-state index contributed by atoms with van der Waals surface area (Å²) in [4.78, 5) is 24.8. The Bertz CT molecular complexity index is 1010. The standard InChI is InChI=1S/C19H18N4O2/c24-18(20-16-11-5-7-13-6-1-2-8-14(13)16)12-23-19(25)15-9-3-4-10-17(15)21-22-23/h3-5,7,9-11H,1-2,6,8,12H2,(H,20,24). The van der Waals surface area contributed by atoms with E-state index in [1.165, 1.54) is 17.5 Å². The van der Waals surface area contributed by atoms with Gasteiger partial charge in [0.1, 0.15) is 12.1 Å². The monoisotopic (exact) mass is 334 g/mol. The third-order valence-corrected chi connectivity index (χ3v) is 4.59. The molecule has 6 heteroatoms. The topological polar surface area (TPSA) is 76.9 Å². The number of rotatable bonds is 3. The van der Waals surface area contributed by atoms with Crippen LogP contribution in [0, 0.1) is 0 Å². The summed E-state index contributed by atoms with van der Waals surface area (Å²) >= 11 is 0. The normalized spacial score (nSPS) is 13.4. The molecule has 2 aromatic carbocycles. The quantitative estimate of drug-likeness (QED) is 0.797. The molecule has 1 aromatic heterocycles. The van der Waals surface area contributed by atoms with E-state index < -0.39 is 0 Å². The molecule has 0 fully saturated rings. The highest BCUT2D eigenvalue weighted by Gasteiger charge is 2.15. The highest BCUT2D eigenvalue weighted by Crippen LogP contribution is 2.27. The second kappa shape index (κ2) is 6.47. The Morgan fingerprint density at radius 1 is 1.08 bits per heavy atom. The third kappa shape index (κ3) is 3.03. The molecule has 1 N–H and O–H groups in total. The first-order chi connectivity index (χ1) is 12.2. The molecular formula is C19H18N4O2. The SMILES string of the molecule is O=C(Cn1nnc2ccccc2c1=O)Nc1cccc2c1CCCC2. The Labute approximate surface area is 144 Å². The number of aryl methyl sites for hydroxylation is 1. The van der Waals surface area contributed by atoms with Crippen LogP contribution < -0.4 is 10.9 Å². The Morgan fingerprint density at radius 3 is 2.84 bits per heavy atom. The average molecular weight is 334 g/mol. The van der Waals surface area contributed by atoms with Gasteiger partial charge in [0.15, 0.2) is 0 Å². The molecule has 0 spiro atoms. The van der Waals surface area contributed by atoms with Crippen LogP contribution in [0.15, 0.2) is 47.3 Å². The van der Waals surface area contributed by atoms with Crippen LogP contribution >= 0.6 is 0 Å². The van der Waals surface area contributed by atoms with Crippen molar-refractivity contribution in [1.82, 2.24) is 15.0 Å². The minimum Gasteiger partial charge on any atom is -0.324 e. The van der Waals surface area contributed by atoms with Crippen molar-refractivity contribution in [3.8, 4) is 0 Å². The van der Waals surface area contributed by atoms with Gasteiger partial charge in [-0.05, 0) is 55.0 Å². The number of carbonyl (C=O) groups is 1. The van der Waals surface area contributed by atoms with Crippen molar-refractivity contribution >= 4 is 22.5 Å². The molecule has 1 aliphatic carbocycles. The molecule has 1 heterocycles. The Hall–Kier alpha value is -3.02. The van der Waals surface area contributed by atoms with Gasteiger partial charge in [-0.3, -0.25) is 9.59 Å². The van der Waals surface area contributed by atoms with E-state index in [2.05, 4.69) is 21.7 Å². The van der Waals surface area contributed by atoms with Gasteiger partial charge in [-0.25, -0.2) is 4.68 Å². The van der Waals surface area contributed by atoms with Crippen molar-refractivity contribution in [1.29, 1.82) is 0 Å². The summed E-state index contributed by atoms with van der Waals surface area (Å²) in [5.74, 6) is -0.273. The summed E-state index contributed by atoms with van der Waals surface area (Å²) in [6.07, 6.45) is 4.35. The van der Waals surface area contributed by atoms with Crippen LogP contribution in [0.25, 0.3) is 10.9 Å². The number of nitrogens with one attached hydrogen (secondary N) is 1. The Balaban J connectivity index is 1.57. The number of carbonyl (C=O) groups excluding carboxylic acids is 1. The van der Waals surface area contributed by atoms with Gasteiger partial charge in [0, 0.05) is 5.69 Å². The summed E-state index contributed by atoms with van der Waals surface area (Å²) in [5, 5.41) is 11.3. The van der Waals surface area contributed by atoms with Crippen LogP contribution in [0.1, 0.15) is 24.0 Å². The number of amides is 1. The van der Waals surface area contributed by atoms with Crippen molar-refractivity contribution in [2.45, 2.75) is 32.2 Å². The van der Waals surface area contributed by atoms with Gasteiger partial charge < -0.3 is 5.32 Å². The van der Waals surface area contributed by atoms with Crippen molar-refractivity contribution in [3.63, 3.8) is 0 Å². The van der Waals surface area contributed by atoms with E-state index in [1.807, 2.05) is 12.1 Å². The minimum absolute atomic E-state index is 0.152. The second-order valence-electron chi connectivity index (χ2n) is 6.27. The molecule has 0 bridgehead atoms. The molecule has 126 valence electrons. The molecule has 0 saturated carbocycles. The zero-order chi connectivity index (χ0) is 17.2. The van der Waals surface area contributed by atoms with Gasteiger partial charge >= 0.3 is 0 Å². The van der Waals surface area contributed by atoms with Crippen molar-refractivity contribution in [3.05, 3.63) is 63.9 Å². The Morgan fingerprint density at radius 2 is 1.92 bits per heavy atom. The zero-order valence-electron chi connectivity index (χ0n) is 13.7. The average Bonchev–Trinajstić information content (AvgIpc) is 2.65. The van der Waals surface area contributed by atoms with Gasteiger partial charge in [0.25, 0.3) is 5.56 Å². The van der Waals surface area contributed by atoms with Crippen LogP contribution in [0.2, 0.25) is 0 Å². The Kier molecular flexibility index (Phi) is 4.01. The van der Waals surface area contributed by atoms with Gasteiger partial charge in [0.2, 0.25) is 5.91 Å². The fourth-order valence-electron chi connectivity index (χ4n) is 3.35. The van der Waals surface area contributed by atoms with Crippen LogP contribution in [-0.4, -0.2) is 20.9 Å². The summed E-state index contributed by atoms with van der Waals surface area (Å²) in [5.41, 5.74) is 3.56. The maximum absolute atomic E-state index is 12.4. The second-order valence-corrected chi connectivity index (χ2v) is 6.27. The van der Waals surface area contributed by atoms with Gasteiger partial charge in [-0.15, -0.1) is 5.10 Å². The minimum atomic E-state index is -0.309. The number of aromatic nitrogens is 3. The predicted octanol–water partition coefficient (Wildman–Crippen LogP) is 2.31. The van der Waals surface area contributed by atoms with Crippen molar-refractivity contribution in [2.24, 2.45) is 0 Å². The van der Waals surface area contributed by atoms with Crippen molar-refractivity contribution < 1.29 is 4.79 Å². The molecule has 0 atom stereocenters. The summed E-state index contributed by atoms with van der Waals surface area (Å²) in [6.45, 7) is -0.152. The maximum Gasteiger partial charge on any atom is 0.278 e. The third-order valence-electron chi connectivity index (χ3n) is 4.59. The van der Waals surface area contributed by atoms with E-state index in [1.54, 1.807) is 24.3 Å². The number of hydrogen-bond donors (Lipinski definition) is 1. The molecule has 6 nitrogen and oxygen atoms in total. The molecular weight excluding hydrogens is 316 g/mol. The lowest BCUT2D eigenvalue weighted by Gasteiger charge is -2.19. The van der Waals surface area contributed by atoms with E-state index >= 15 is 0 Å². The number of hydrogen-bond acceptors (Lipinski definition) is 4. The lowest BCUT2D eigenvalue weighted by molar-refractivity contribution is -0.117. The van der Waals surface area contributed by atoms with E-state index in [0.29, 0.717) is 10.9 Å². The predicted molar refractivity (Wildman–Crippen MR) is 95.5 cm³/mol. The van der Waals surface area contributed by atoms with E-state index in [-0.39, 0.29) is 18.0 Å². The van der Waals surface area contributed by atoms with Gasteiger partial charge in [0.05, 0.1) is 5.39 Å². The molecule has 25 heavy (non-hydrogen) atoms. The number of anilines is 1.